The average molecular weight is 510 g/mol. The number of nitrogens with zero attached hydrogens (tertiary/aromatic N) is 2. The average Bonchev–Trinajstić information content (AvgIpc) is 3.01. The van der Waals surface area contributed by atoms with Gasteiger partial charge in [0.1, 0.15) is 12.3 Å². The number of hydrogen-bond donors (Lipinski definition) is 0. The van der Waals surface area contributed by atoms with Gasteiger partial charge in [0.2, 0.25) is 5.75 Å². The minimum absolute atomic E-state index is 0.0126. The molecule has 3 rings (SSSR count). The Kier molecular flexibility index (Phi) is 7.48. The van der Waals surface area contributed by atoms with Crippen molar-refractivity contribution >= 4 is 40.6 Å². The topological polar surface area (TPSA) is 116 Å². The van der Waals surface area contributed by atoms with Crippen LogP contribution in [0.5, 0.6) is 11.5 Å². The van der Waals surface area contributed by atoms with E-state index in [2.05, 4.69) is 0 Å². The molecule has 0 bridgehead atoms. The predicted octanol–water partition coefficient (Wildman–Crippen LogP) is 5.39. The standard InChI is InChI=1S/C22H17F3N2O7S/c1-12(2)33-19(28)11-26-20(29)18(35-21(26)30)9-13-5-3-4-6-16(13)34-17-8-7-14(22(23,24)25)10-15(17)27(31)32/h3-10,12H,11H2,1-2H3/b18-9-. The van der Waals surface area contributed by atoms with Crippen LogP contribution in [0.25, 0.3) is 6.08 Å². The molecule has 1 heterocycles. The van der Waals surface area contributed by atoms with Crippen LogP contribution in [0, 0.1) is 10.1 Å². The number of esters is 1. The first-order valence-electron chi connectivity index (χ1n) is 9.94. The molecule has 0 aromatic heterocycles. The van der Waals surface area contributed by atoms with Crippen LogP contribution >= 0.6 is 11.8 Å². The van der Waals surface area contributed by atoms with E-state index in [0.29, 0.717) is 28.8 Å². The number of nitro groups is 1. The highest BCUT2D eigenvalue weighted by Crippen LogP contribution is 2.40. The van der Waals surface area contributed by atoms with Crippen molar-refractivity contribution in [2.45, 2.75) is 26.1 Å². The van der Waals surface area contributed by atoms with Crippen molar-refractivity contribution in [3.63, 3.8) is 0 Å². The van der Waals surface area contributed by atoms with E-state index in [1.54, 1.807) is 19.9 Å². The van der Waals surface area contributed by atoms with Crippen molar-refractivity contribution in [1.29, 1.82) is 0 Å². The number of hydrogen-bond acceptors (Lipinski definition) is 8. The van der Waals surface area contributed by atoms with Gasteiger partial charge in [-0.05, 0) is 49.9 Å². The van der Waals surface area contributed by atoms with E-state index in [9.17, 15) is 37.7 Å². The molecular formula is C22H17F3N2O7S. The summed E-state index contributed by atoms with van der Waals surface area (Å²) < 4.78 is 49.3. The summed E-state index contributed by atoms with van der Waals surface area (Å²) in [7, 11) is 0. The van der Waals surface area contributed by atoms with E-state index in [1.165, 1.54) is 24.3 Å². The SMILES string of the molecule is CC(C)OC(=O)CN1C(=O)S/C(=C\c2ccccc2Oc2ccc(C(F)(F)F)cc2[N+](=O)[O-])C1=O. The van der Waals surface area contributed by atoms with Crippen LogP contribution in [0.4, 0.5) is 23.7 Å². The Balaban J connectivity index is 1.89. The summed E-state index contributed by atoms with van der Waals surface area (Å²) in [6.45, 7) is 2.66. The normalized spacial score (nSPS) is 15.1. The first kappa shape index (κ1) is 25.7. The quantitative estimate of drug-likeness (QED) is 0.211. The summed E-state index contributed by atoms with van der Waals surface area (Å²) in [5.74, 6) is -1.98. The van der Waals surface area contributed by atoms with Crippen LogP contribution in [0.2, 0.25) is 0 Å². The Hall–Kier alpha value is -3.87. The van der Waals surface area contributed by atoms with Crippen molar-refractivity contribution in [3.05, 3.63) is 68.6 Å². The molecule has 1 aliphatic rings. The molecule has 2 aromatic carbocycles. The lowest BCUT2D eigenvalue weighted by molar-refractivity contribution is -0.385. The highest BCUT2D eigenvalue weighted by Gasteiger charge is 2.37. The summed E-state index contributed by atoms with van der Waals surface area (Å²) in [4.78, 5) is 47.7. The number of imide groups is 1. The van der Waals surface area contributed by atoms with Gasteiger partial charge in [0, 0.05) is 11.6 Å². The molecule has 2 amide bonds. The zero-order chi connectivity index (χ0) is 25.9. The van der Waals surface area contributed by atoms with Crippen LogP contribution in [-0.2, 0) is 20.5 Å². The number of alkyl halides is 3. The molecule has 0 spiro atoms. The van der Waals surface area contributed by atoms with Crippen LogP contribution in [0.15, 0.2) is 47.4 Å². The maximum atomic E-state index is 13.0. The van der Waals surface area contributed by atoms with Gasteiger partial charge in [0.15, 0.2) is 0 Å². The third-order valence-electron chi connectivity index (χ3n) is 4.44. The second-order valence-corrected chi connectivity index (χ2v) is 8.38. The van der Waals surface area contributed by atoms with Gasteiger partial charge in [-0.2, -0.15) is 13.2 Å². The molecule has 13 heteroatoms. The Morgan fingerprint density at radius 3 is 2.49 bits per heavy atom. The first-order valence-corrected chi connectivity index (χ1v) is 10.8. The summed E-state index contributed by atoms with van der Waals surface area (Å²) in [5.41, 5.74) is -1.90. The van der Waals surface area contributed by atoms with Crippen molar-refractivity contribution < 1.29 is 42.0 Å². The molecule has 1 fully saturated rings. The van der Waals surface area contributed by atoms with Gasteiger partial charge >= 0.3 is 17.8 Å². The lowest BCUT2D eigenvalue weighted by atomic mass is 10.1. The summed E-state index contributed by atoms with van der Waals surface area (Å²) in [6, 6.07) is 7.77. The van der Waals surface area contributed by atoms with E-state index in [0.717, 1.165) is 6.07 Å². The number of carbonyl (C=O) groups is 3. The molecule has 1 saturated heterocycles. The van der Waals surface area contributed by atoms with Gasteiger partial charge in [-0.1, -0.05) is 18.2 Å². The fraction of sp³-hybridized carbons (Fsp3) is 0.227. The second-order valence-electron chi connectivity index (χ2n) is 7.38. The molecule has 0 aliphatic carbocycles. The summed E-state index contributed by atoms with van der Waals surface area (Å²) in [6.07, 6.45) is -3.94. The number of amides is 2. The molecule has 0 unspecified atom stereocenters. The van der Waals surface area contributed by atoms with Gasteiger partial charge in [0.05, 0.1) is 21.5 Å². The second kappa shape index (κ2) is 10.2. The molecule has 184 valence electrons. The van der Waals surface area contributed by atoms with Gasteiger partial charge in [-0.3, -0.25) is 29.4 Å². The highest BCUT2D eigenvalue weighted by molar-refractivity contribution is 8.18. The van der Waals surface area contributed by atoms with Crippen LogP contribution in [0.1, 0.15) is 25.0 Å². The Bertz CT molecular complexity index is 1230. The summed E-state index contributed by atoms with van der Waals surface area (Å²) in [5, 5.41) is 10.6. The lowest BCUT2D eigenvalue weighted by Crippen LogP contribution is -2.35. The van der Waals surface area contributed by atoms with Crippen LogP contribution < -0.4 is 4.74 Å². The van der Waals surface area contributed by atoms with Gasteiger partial charge in [-0.15, -0.1) is 0 Å². The number of ether oxygens (including phenoxy) is 2. The predicted molar refractivity (Wildman–Crippen MR) is 119 cm³/mol. The largest absolute Gasteiger partial charge is 0.462 e. The maximum absolute atomic E-state index is 13.0. The fourth-order valence-corrected chi connectivity index (χ4v) is 3.77. The third kappa shape index (κ3) is 6.18. The molecular weight excluding hydrogens is 493 g/mol. The Morgan fingerprint density at radius 2 is 1.86 bits per heavy atom. The minimum Gasteiger partial charge on any atom is -0.462 e. The smallest absolute Gasteiger partial charge is 0.416 e. The monoisotopic (exact) mass is 510 g/mol. The minimum atomic E-state index is -4.79. The molecule has 1 aliphatic heterocycles. The number of thioether (sulfide) groups is 1. The molecule has 0 radical (unpaired) electrons. The zero-order valence-electron chi connectivity index (χ0n) is 18.2. The molecule has 9 nitrogen and oxygen atoms in total. The van der Waals surface area contributed by atoms with Gasteiger partial charge in [0.25, 0.3) is 11.1 Å². The van der Waals surface area contributed by atoms with Gasteiger partial charge < -0.3 is 9.47 Å². The van der Waals surface area contributed by atoms with Crippen LogP contribution in [0.3, 0.4) is 0 Å². The lowest BCUT2D eigenvalue weighted by Gasteiger charge is -2.13. The maximum Gasteiger partial charge on any atom is 0.416 e. The highest BCUT2D eigenvalue weighted by atomic mass is 32.2. The van der Waals surface area contributed by atoms with Crippen LogP contribution in [-0.4, -0.2) is 39.6 Å². The van der Waals surface area contributed by atoms with E-state index in [1.807, 2.05) is 0 Å². The van der Waals surface area contributed by atoms with E-state index in [-0.39, 0.29) is 16.2 Å². The first-order chi connectivity index (χ1) is 16.4. The Morgan fingerprint density at radius 1 is 1.17 bits per heavy atom. The number of halogens is 3. The van der Waals surface area contributed by atoms with E-state index in [4.69, 9.17) is 9.47 Å². The molecule has 0 atom stereocenters. The Labute approximate surface area is 200 Å². The summed E-state index contributed by atoms with van der Waals surface area (Å²) >= 11 is 0.567. The van der Waals surface area contributed by atoms with Crippen molar-refractivity contribution in [1.82, 2.24) is 4.90 Å². The number of benzene rings is 2. The van der Waals surface area contributed by atoms with E-state index < -0.39 is 57.9 Å². The van der Waals surface area contributed by atoms with Crippen molar-refractivity contribution in [2.24, 2.45) is 0 Å². The number of rotatable bonds is 7. The number of para-hydroxylation sites is 1. The third-order valence-corrected chi connectivity index (χ3v) is 5.34. The molecule has 35 heavy (non-hydrogen) atoms. The zero-order valence-corrected chi connectivity index (χ0v) is 19.0. The fourth-order valence-electron chi connectivity index (χ4n) is 2.94. The molecule has 0 N–H and O–H groups in total. The van der Waals surface area contributed by atoms with Crippen molar-refractivity contribution in [3.8, 4) is 11.5 Å². The number of carbonyl (C=O) groups excluding carboxylic acids is 3. The molecule has 0 saturated carbocycles. The van der Waals surface area contributed by atoms with Gasteiger partial charge in [-0.25, -0.2) is 0 Å². The van der Waals surface area contributed by atoms with E-state index >= 15 is 0 Å². The molecule has 2 aromatic rings. The number of nitro benzene ring substituents is 1. The van der Waals surface area contributed by atoms with Crippen molar-refractivity contribution in [2.75, 3.05) is 6.54 Å².